The first-order valence-electron chi connectivity index (χ1n) is 7.94. The third kappa shape index (κ3) is 4.32. The summed E-state index contributed by atoms with van der Waals surface area (Å²) >= 11 is 9.05. The van der Waals surface area contributed by atoms with Crippen LogP contribution in [-0.4, -0.2) is 29.5 Å². The number of hydrogen-bond acceptors (Lipinski definition) is 7. The Hall–Kier alpha value is -2.36. The number of halogens is 1. The van der Waals surface area contributed by atoms with Crippen LogP contribution in [0.15, 0.2) is 63.9 Å². The van der Waals surface area contributed by atoms with Gasteiger partial charge in [0.25, 0.3) is 11.3 Å². The molecule has 1 N–H and O–H groups in total. The number of rotatable bonds is 6. The highest BCUT2D eigenvalue weighted by atomic mass is 35.5. The van der Waals surface area contributed by atoms with Crippen LogP contribution in [0.1, 0.15) is 11.3 Å². The fourth-order valence-electron chi connectivity index (χ4n) is 2.31. The average Bonchev–Trinajstić information content (AvgIpc) is 3.10. The molecule has 7 nitrogen and oxygen atoms in total. The SMILES string of the molecule is O=c1cc(CSc2ncccn2)nc2nc(SCc3ccccc3Cl)[nH]n12. The molecule has 10 heteroatoms. The van der Waals surface area contributed by atoms with E-state index in [4.69, 9.17) is 11.6 Å². The number of aromatic amines is 1. The Balaban J connectivity index is 1.51. The number of thioether (sulfide) groups is 2. The minimum absolute atomic E-state index is 0.207. The van der Waals surface area contributed by atoms with Crippen molar-refractivity contribution in [3.05, 3.63) is 75.4 Å². The second-order valence-electron chi connectivity index (χ2n) is 5.45. The molecule has 4 rings (SSSR count). The Morgan fingerprint density at radius 1 is 1.04 bits per heavy atom. The van der Waals surface area contributed by atoms with E-state index in [0.29, 0.717) is 38.3 Å². The molecular weight excluding hydrogens is 404 g/mol. The highest BCUT2D eigenvalue weighted by Gasteiger charge is 2.10. The molecule has 0 amide bonds. The largest absolute Gasteiger partial charge is 0.274 e. The molecule has 0 aliphatic rings. The fourth-order valence-corrected chi connectivity index (χ4v) is 4.13. The van der Waals surface area contributed by atoms with Gasteiger partial charge in [-0.3, -0.25) is 9.89 Å². The summed E-state index contributed by atoms with van der Waals surface area (Å²) in [5.74, 6) is 1.47. The molecule has 3 heterocycles. The first-order chi connectivity index (χ1) is 13.2. The van der Waals surface area contributed by atoms with Gasteiger partial charge in [0.1, 0.15) is 0 Å². The number of nitrogens with one attached hydrogen (secondary N) is 1. The van der Waals surface area contributed by atoms with Gasteiger partial charge >= 0.3 is 0 Å². The minimum Gasteiger partial charge on any atom is -0.267 e. The van der Waals surface area contributed by atoms with E-state index in [2.05, 4.69) is 25.0 Å². The van der Waals surface area contributed by atoms with Crippen molar-refractivity contribution in [2.45, 2.75) is 21.8 Å². The topological polar surface area (TPSA) is 88.8 Å². The van der Waals surface area contributed by atoms with Crippen LogP contribution in [0.3, 0.4) is 0 Å². The Morgan fingerprint density at radius 2 is 1.85 bits per heavy atom. The van der Waals surface area contributed by atoms with E-state index in [1.54, 1.807) is 18.5 Å². The fraction of sp³-hybridized carbons (Fsp3) is 0.118. The maximum atomic E-state index is 12.3. The summed E-state index contributed by atoms with van der Waals surface area (Å²) in [6, 6.07) is 10.9. The van der Waals surface area contributed by atoms with Crippen LogP contribution >= 0.6 is 35.1 Å². The molecule has 0 unspecified atom stereocenters. The zero-order valence-corrected chi connectivity index (χ0v) is 16.3. The summed E-state index contributed by atoms with van der Waals surface area (Å²) in [5.41, 5.74) is 1.43. The number of nitrogens with zero attached hydrogens (tertiary/aromatic N) is 5. The molecule has 0 aliphatic carbocycles. The van der Waals surface area contributed by atoms with Crippen LogP contribution in [0.5, 0.6) is 0 Å². The van der Waals surface area contributed by atoms with Gasteiger partial charge in [0, 0.05) is 35.0 Å². The van der Waals surface area contributed by atoms with Gasteiger partial charge in [0.15, 0.2) is 10.3 Å². The molecular formula is C17H13ClN6OS2. The maximum absolute atomic E-state index is 12.3. The van der Waals surface area contributed by atoms with E-state index in [-0.39, 0.29) is 5.56 Å². The Labute approximate surface area is 167 Å². The summed E-state index contributed by atoms with van der Waals surface area (Å²) < 4.78 is 1.34. The summed E-state index contributed by atoms with van der Waals surface area (Å²) in [6.07, 6.45) is 3.36. The van der Waals surface area contributed by atoms with Crippen LogP contribution in [-0.2, 0) is 11.5 Å². The minimum atomic E-state index is -0.207. The number of hydrogen-bond donors (Lipinski definition) is 1. The van der Waals surface area contributed by atoms with Crippen molar-refractivity contribution in [2.24, 2.45) is 0 Å². The van der Waals surface area contributed by atoms with Gasteiger partial charge in [0.2, 0.25) is 0 Å². The van der Waals surface area contributed by atoms with Gasteiger partial charge < -0.3 is 0 Å². The van der Waals surface area contributed by atoms with Crippen molar-refractivity contribution in [3.63, 3.8) is 0 Å². The second-order valence-corrected chi connectivity index (χ2v) is 7.76. The molecule has 0 atom stereocenters. The van der Waals surface area contributed by atoms with Crippen molar-refractivity contribution in [1.82, 2.24) is 29.5 Å². The molecule has 0 aliphatic heterocycles. The van der Waals surface area contributed by atoms with Gasteiger partial charge in [-0.05, 0) is 17.7 Å². The second kappa shape index (κ2) is 8.12. The van der Waals surface area contributed by atoms with Gasteiger partial charge in [-0.25, -0.2) is 15.0 Å². The Kier molecular flexibility index (Phi) is 5.42. The van der Waals surface area contributed by atoms with Crippen LogP contribution in [0.2, 0.25) is 5.02 Å². The lowest BCUT2D eigenvalue weighted by atomic mass is 10.2. The van der Waals surface area contributed by atoms with Crippen LogP contribution in [0, 0.1) is 0 Å². The van der Waals surface area contributed by atoms with Crippen molar-refractivity contribution in [1.29, 1.82) is 0 Å². The third-order valence-electron chi connectivity index (χ3n) is 3.58. The van der Waals surface area contributed by atoms with E-state index in [9.17, 15) is 4.79 Å². The van der Waals surface area contributed by atoms with Crippen molar-refractivity contribution < 1.29 is 0 Å². The average molecular weight is 417 g/mol. The van der Waals surface area contributed by atoms with Gasteiger partial charge in [-0.1, -0.05) is 53.3 Å². The van der Waals surface area contributed by atoms with E-state index >= 15 is 0 Å². The monoisotopic (exact) mass is 416 g/mol. The molecule has 0 saturated heterocycles. The van der Waals surface area contributed by atoms with E-state index < -0.39 is 0 Å². The highest BCUT2D eigenvalue weighted by Crippen LogP contribution is 2.24. The zero-order chi connectivity index (χ0) is 18.6. The summed E-state index contributed by atoms with van der Waals surface area (Å²) in [7, 11) is 0. The van der Waals surface area contributed by atoms with Crippen molar-refractivity contribution in [2.75, 3.05) is 0 Å². The molecule has 0 radical (unpaired) electrons. The first-order valence-corrected chi connectivity index (χ1v) is 10.3. The van der Waals surface area contributed by atoms with E-state index in [0.717, 1.165) is 5.56 Å². The molecule has 1 aromatic carbocycles. The zero-order valence-electron chi connectivity index (χ0n) is 13.9. The molecule has 4 aromatic rings. The molecule has 0 fully saturated rings. The van der Waals surface area contributed by atoms with Crippen LogP contribution < -0.4 is 5.56 Å². The molecule has 3 aromatic heterocycles. The molecule has 0 saturated carbocycles. The number of fused-ring (bicyclic) bond motifs is 1. The lowest BCUT2D eigenvalue weighted by Crippen LogP contribution is -2.15. The van der Waals surface area contributed by atoms with Gasteiger partial charge in [0.05, 0.1) is 5.69 Å². The molecule has 0 spiro atoms. The predicted octanol–water partition coefficient (Wildman–Crippen LogP) is 3.45. The standard InChI is InChI=1S/C17H13ClN6OS2/c18-13-5-2-1-4-11(13)9-26-17-22-15-21-12(8-14(25)24(15)23-17)10-27-16-19-6-3-7-20-16/h1-8H,9-10H2,(H,21,22,23). The van der Waals surface area contributed by atoms with Crippen molar-refractivity contribution >= 4 is 40.9 Å². The molecule has 0 bridgehead atoms. The number of aromatic nitrogens is 6. The predicted molar refractivity (Wildman–Crippen MR) is 106 cm³/mol. The summed E-state index contributed by atoms with van der Waals surface area (Å²) in [5, 5.41) is 4.92. The van der Waals surface area contributed by atoms with Crippen LogP contribution in [0.25, 0.3) is 5.78 Å². The van der Waals surface area contributed by atoms with Gasteiger partial charge in [-0.15, -0.1) is 0 Å². The Morgan fingerprint density at radius 3 is 2.67 bits per heavy atom. The Bertz CT molecular complexity index is 1130. The number of H-pyrrole nitrogens is 1. The van der Waals surface area contributed by atoms with E-state index in [1.807, 2.05) is 24.3 Å². The quantitative estimate of drug-likeness (QED) is 0.380. The summed E-state index contributed by atoms with van der Waals surface area (Å²) in [4.78, 5) is 29.5. The highest BCUT2D eigenvalue weighted by molar-refractivity contribution is 7.98. The van der Waals surface area contributed by atoms with Gasteiger partial charge in [-0.2, -0.15) is 9.50 Å². The molecule has 27 heavy (non-hydrogen) atoms. The number of benzene rings is 1. The third-order valence-corrected chi connectivity index (χ3v) is 5.77. The van der Waals surface area contributed by atoms with E-state index in [1.165, 1.54) is 34.1 Å². The smallest absolute Gasteiger partial charge is 0.267 e. The van der Waals surface area contributed by atoms with Crippen LogP contribution in [0.4, 0.5) is 0 Å². The van der Waals surface area contributed by atoms with Crippen molar-refractivity contribution in [3.8, 4) is 0 Å². The first kappa shape index (κ1) is 18.0. The molecule has 136 valence electrons. The normalized spacial score (nSPS) is 11.1. The summed E-state index contributed by atoms with van der Waals surface area (Å²) in [6.45, 7) is 0. The maximum Gasteiger partial charge on any atom is 0.274 e. The lowest BCUT2D eigenvalue weighted by molar-refractivity contribution is 0.844. The lowest BCUT2D eigenvalue weighted by Gasteiger charge is -2.00.